The number of rotatable bonds is 4. The van der Waals surface area contributed by atoms with E-state index in [2.05, 4.69) is 12.1 Å². The molecule has 0 fully saturated rings. The molecular weight excluding hydrogens is 212 g/mol. The smallest absolute Gasteiger partial charge is 0.122 e. The molecule has 0 radical (unpaired) electrons. The molecule has 2 heteroatoms. The third-order valence-corrected chi connectivity index (χ3v) is 2.77. The lowest BCUT2D eigenvalue weighted by atomic mass is 10.0. The van der Waals surface area contributed by atoms with Gasteiger partial charge in [-0.1, -0.05) is 36.4 Å². The summed E-state index contributed by atoms with van der Waals surface area (Å²) >= 11 is 0. The molecule has 0 saturated carbocycles. The van der Waals surface area contributed by atoms with Crippen LogP contribution in [0.4, 0.5) is 0 Å². The molecule has 0 aliphatic rings. The largest absolute Gasteiger partial charge is 0.496 e. The van der Waals surface area contributed by atoms with E-state index >= 15 is 0 Å². The van der Waals surface area contributed by atoms with E-state index in [0.717, 1.165) is 17.9 Å². The van der Waals surface area contributed by atoms with Gasteiger partial charge in [0.2, 0.25) is 0 Å². The quantitative estimate of drug-likeness (QED) is 0.799. The van der Waals surface area contributed by atoms with Crippen molar-refractivity contribution in [3.63, 3.8) is 0 Å². The van der Waals surface area contributed by atoms with E-state index in [-0.39, 0.29) is 0 Å². The van der Waals surface area contributed by atoms with Crippen molar-refractivity contribution in [3.8, 4) is 11.5 Å². The average molecular weight is 228 g/mol. The summed E-state index contributed by atoms with van der Waals surface area (Å²) in [4.78, 5) is 0. The zero-order valence-corrected chi connectivity index (χ0v) is 10.1. The van der Waals surface area contributed by atoms with Crippen LogP contribution in [0.5, 0.6) is 11.5 Å². The maximum atomic E-state index is 5.35. The van der Waals surface area contributed by atoms with Gasteiger partial charge < -0.3 is 9.47 Å². The standard InChI is InChI=1S/C15H16O2/c1-16-14-9-5-3-7-12(14)11-13-8-4-6-10-15(13)17-2/h3-10H,11H2,1-2H3. The molecule has 0 aliphatic carbocycles. The SMILES string of the molecule is COc1ccccc1Cc1ccccc1OC. The number of para-hydroxylation sites is 2. The number of ether oxygens (including phenoxy) is 2. The second kappa shape index (κ2) is 5.39. The Morgan fingerprint density at radius 1 is 0.706 bits per heavy atom. The first kappa shape index (κ1) is 11.5. The lowest BCUT2D eigenvalue weighted by molar-refractivity contribution is 0.405. The molecule has 2 aromatic carbocycles. The van der Waals surface area contributed by atoms with Gasteiger partial charge in [0.05, 0.1) is 14.2 Å². The summed E-state index contributed by atoms with van der Waals surface area (Å²) in [5, 5.41) is 0. The maximum Gasteiger partial charge on any atom is 0.122 e. The van der Waals surface area contributed by atoms with Crippen molar-refractivity contribution in [1.82, 2.24) is 0 Å². The van der Waals surface area contributed by atoms with Crippen LogP contribution in [-0.4, -0.2) is 14.2 Å². The van der Waals surface area contributed by atoms with Crippen LogP contribution in [-0.2, 0) is 6.42 Å². The van der Waals surface area contributed by atoms with E-state index in [1.54, 1.807) is 14.2 Å². The van der Waals surface area contributed by atoms with Gasteiger partial charge in [0.15, 0.2) is 0 Å². The van der Waals surface area contributed by atoms with Crippen LogP contribution in [0.1, 0.15) is 11.1 Å². The van der Waals surface area contributed by atoms with Gasteiger partial charge in [0.25, 0.3) is 0 Å². The molecule has 0 unspecified atom stereocenters. The molecule has 2 rings (SSSR count). The lowest BCUT2D eigenvalue weighted by Crippen LogP contribution is -1.96. The Kier molecular flexibility index (Phi) is 3.66. The monoisotopic (exact) mass is 228 g/mol. The van der Waals surface area contributed by atoms with Gasteiger partial charge in [-0.15, -0.1) is 0 Å². The van der Waals surface area contributed by atoms with Gasteiger partial charge in [0.1, 0.15) is 11.5 Å². The summed E-state index contributed by atoms with van der Waals surface area (Å²) in [6.45, 7) is 0. The van der Waals surface area contributed by atoms with E-state index in [1.807, 2.05) is 36.4 Å². The highest BCUT2D eigenvalue weighted by atomic mass is 16.5. The Hall–Kier alpha value is -1.96. The lowest BCUT2D eigenvalue weighted by Gasteiger charge is -2.11. The van der Waals surface area contributed by atoms with Crippen molar-refractivity contribution in [2.24, 2.45) is 0 Å². The molecule has 0 aromatic heterocycles. The molecule has 88 valence electrons. The van der Waals surface area contributed by atoms with E-state index in [9.17, 15) is 0 Å². The third kappa shape index (κ3) is 2.59. The van der Waals surface area contributed by atoms with E-state index < -0.39 is 0 Å². The van der Waals surface area contributed by atoms with Crippen LogP contribution < -0.4 is 9.47 Å². The second-order valence-electron chi connectivity index (χ2n) is 3.80. The zero-order chi connectivity index (χ0) is 12.1. The third-order valence-electron chi connectivity index (χ3n) is 2.77. The molecule has 0 heterocycles. The minimum atomic E-state index is 0.814. The van der Waals surface area contributed by atoms with Gasteiger partial charge in [0, 0.05) is 6.42 Å². The van der Waals surface area contributed by atoms with Crippen LogP contribution in [0.25, 0.3) is 0 Å². The van der Waals surface area contributed by atoms with Gasteiger partial charge in [-0.05, 0) is 23.3 Å². The number of benzene rings is 2. The van der Waals surface area contributed by atoms with Crippen molar-refractivity contribution >= 4 is 0 Å². The number of methoxy groups -OCH3 is 2. The zero-order valence-electron chi connectivity index (χ0n) is 10.1. The van der Waals surface area contributed by atoms with E-state index in [0.29, 0.717) is 0 Å². The Labute approximate surface area is 102 Å². The summed E-state index contributed by atoms with van der Waals surface area (Å²) in [5.74, 6) is 1.83. The number of hydrogen-bond acceptors (Lipinski definition) is 2. The minimum Gasteiger partial charge on any atom is -0.496 e. The van der Waals surface area contributed by atoms with Crippen LogP contribution in [0, 0.1) is 0 Å². The molecule has 2 aromatic rings. The van der Waals surface area contributed by atoms with Crippen LogP contribution in [0.3, 0.4) is 0 Å². The summed E-state index contributed by atoms with van der Waals surface area (Å²) in [6.07, 6.45) is 0.814. The number of hydrogen-bond donors (Lipinski definition) is 0. The Balaban J connectivity index is 2.31. The Bertz CT molecular complexity index is 446. The predicted octanol–water partition coefficient (Wildman–Crippen LogP) is 3.29. The molecule has 0 spiro atoms. The van der Waals surface area contributed by atoms with Crippen LogP contribution in [0.2, 0.25) is 0 Å². The summed E-state index contributed by atoms with van der Waals surface area (Å²) < 4.78 is 10.7. The fraction of sp³-hybridized carbons (Fsp3) is 0.200. The first-order valence-corrected chi connectivity index (χ1v) is 5.59. The molecule has 0 aliphatic heterocycles. The van der Waals surface area contributed by atoms with Crippen LogP contribution in [0.15, 0.2) is 48.5 Å². The van der Waals surface area contributed by atoms with Crippen molar-refractivity contribution in [2.45, 2.75) is 6.42 Å². The molecule has 0 atom stereocenters. The summed E-state index contributed by atoms with van der Waals surface area (Å²) in [6, 6.07) is 16.1. The van der Waals surface area contributed by atoms with E-state index in [4.69, 9.17) is 9.47 Å². The molecule has 0 amide bonds. The van der Waals surface area contributed by atoms with Crippen molar-refractivity contribution < 1.29 is 9.47 Å². The molecule has 0 bridgehead atoms. The predicted molar refractivity (Wildman–Crippen MR) is 68.8 cm³/mol. The molecule has 0 N–H and O–H groups in total. The highest BCUT2D eigenvalue weighted by Gasteiger charge is 2.06. The molecule has 0 saturated heterocycles. The Morgan fingerprint density at radius 2 is 1.12 bits per heavy atom. The van der Waals surface area contributed by atoms with Crippen molar-refractivity contribution in [2.75, 3.05) is 14.2 Å². The van der Waals surface area contributed by atoms with Crippen LogP contribution >= 0.6 is 0 Å². The second-order valence-corrected chi connectivity index (χ2v) is 3.80. The first-order chi connectivity index (χ1) is 8.35. The topological polar surface area (TPSA) is 18.5 Å². The van der Waals surface area contributed by atoms with Crippen molar-refractivity contribution in [1.29, 1.82) is 0 Å². The van der Waals surface area contributed by atoms with Gasteiger partial charge in [-0.2, -0.15) is 0 Å². The molecule has 17 heavy (non-hydrogen) atoms. The maximum absolute atomic E-state index is 5.35. The summed E-state index contributed by atoms with van der Waals surface area (Å²) in [5.41, 5.74) is 2.33. The molecule has 2 nitrogen and oxygen atoms in total. The highest BCUT2D eigenvalue weighted by molar-refractivity contribution is 5.42. The van der Waals surface area contributed by atoms with Gasteiger partial charge in [-0.25, -0.2) is 0 Å². The average Bonchev–Trinajstić information content (AvgIpc) is 2.40. The van der Waals surface area contributed by atoms with Gasteiger partial charge >= 0.3 is 0 Å². The molecular formula is C15H16O2. The normalized spacial score (nSPS) is 10.0. The van der Waals surface area contributed by atoms with Gasteiger partial charge in [-0.3, -0.25) is 0 Å². The summed E-state index contributed by atoms with van der Waals surface area (Å²) in [7, 11) is 3.39. The minimum absolute atomic E-state index is 0.814. The fourth-order valence-electron chi connectivity index (χ4n) is 1.90. The van der Waals surface area contributed by atoms with Crippen molar-refractivity contribution in [3.05, 3.63) is 59.7 Å². The fourth-order valence-corrected chi connectivity index (χ4v) is 1.90. The van der Waals surface area contributed by atoms with E-state index in [1.165, 1.54) is 11.1 Å². The first-order valence-electron chi connectivity index (χ1n) is 5.59. The Morgan fingerprint density at radius 3 is 1.53 bits per heavy atom. The highest BCUT2D eigenvalue weighted by Crippen LogP contribution is 2.25.